The van der Waals surface area contributed by atoms with Gasteiger partial charge in [0.1, 0.15) is 13.2 Å². The number of esters is 3. The van der Waals surface area contributed by atoms with Crippen molar-refractivity contribution in [1.82, 2.24) is 0 Å². The number of hydrogen-bond acceptors (Lipinski definition) is 6. The lowest BCUT2D eigenvalue weighted by Gasteiger charge is -2.18. The van der Waals surface area contributed by atoms with Gasteiger partial charge >= 0.3 is 17.9 Å². The summed E-state index contributed by atoms with van der Waals surface area (Å²) in [6.07, 6.45) is 63.7. The molecule has 0 aromatic heterocycles. The Hall–Kier alpha value is -2.63. The van der Waals surface area contributed by atoms with E-state index in [0.717, 1.165) is 96.3 Å². The van der Waals surface area contributed by atoms with Crippen molar-refractivity contribution in [3.05, 3.63) is 48.6 Å². The van der Waals surface area contributed by atoms with E-state index in [0.29, 0.717) is 19.3 Å². The second kappa shape index (κ2) is 53.0. The average molecular weight is 897 g/mol. The first-order valence-electron chi connectivity index (χ1n) is 27.6. The molecule has 0 amide bonds. The highest BCUT2D eigenvalue weighted by molar-refractivity contribution is 5.71. The number of carbonyl (C=O) groups is 3. The van der Waals surface area contributed by atoms with Crippen LogP contribution in [0.15, 0.2) is 48.6 Å². The Morgan fingerprint density at radius 2 is 0.562 bits per heavy atom. The molecule has 0 aromatic rings. The van der Waals surface area contributed by atoms with Gasteiger partial charge in [0.05, 0.1) is 0 Å². The van der Waals surface area contributed by atoms with E-state index < -0.39 is 6.10 Å². The van der Waals surface area contributed by atoms with Crippen LogP contribution in [0.4, 0.5) is 0 Å². The first kappa shape index (κ1) is 61.4. The quantitative estimate of drug-likeness (QED) is 0.0262. The Morgan fingerprint density at radius 1 is 0.312 bits per heavy atom. The molecule has 0 aliphatic carbocycles. The average Bonchev–Trinajstić information content (AvgIpc) is 3.29. The Kier molecular flexibility index (Phi) is 50.8. The summed E-state index contributed by atoms with van der Waals surface area (Å²) in [5.41, 5.74) is 0. The Balaban J connectivity index is 4.39. The largest absolute Gasteiger partial charge is 0.462 e. The van der Waals surface area contributed by atoms with E-state index in [9.17, 15) is 14.4 Å². The van der Waals surface area contributed by atoms with E-state index in [1.807, 2.05) is 0 Å². The van der Waals surface area contributed by atoms with Crippen LogP contribution in [0.5, 0.6) is 0 Å². The molecule has 372 valence electrons. The second-order valence-corrected chi connectivity index (χ2v) is 18.5. The third kappa shape index (κ3) is 50.4. The Morgan fingerprint density at radius 3 is 0.891 bits per heavy atom. The topological polar surface area (TPSA) is 78.9 Å². The first-order valence-corrected chi connectivity index (χ1v) is 27.6. The summed E-state index contributed by atoms with van der Waals surface area (Å²) in [6.45, 7) is 6.59. The van der Waals surface area contributed by atoms with E-state index in [2.05, 4.69) is 69.4 Å². The van der Waals surface area contributed by atoms with Crippen LogP contribution in [-0.4, -0.2) is 37.2 Å². The highest BCUT2D eigenvalue weighted by Crippen LogP contribution is 2.15. The van der Waals surface area contributed by atoms with Gasteiger partial charge in [-0.25, -0.2) is 0 Å². The molecule has 0 bridgehead atoms. The van der Waals surface area contributed by atoms with Gasteiger partial charge in [-0.05, 0) is 83.5 Å². The predicted octanol–water partition coefficient (Wildman–Crippen LogP) is 18.3. The minimum atomic E-state index is -0.781. The van der Waals surface area contributed by atoms with Crippen molar-refractivity contribution in [1.29, 1.82) is 0 Å². The monoisotopic (exact) mass is 897 g/mol. The summed E-state index contributed by atoms with van der Waals surface area (Å²) < 4.78 is 16.8. The van der Waals surface area contributed by atoms with E-state index in [4.69, 9.17) is 14.2 Å². The van der Waals surface area contributed by atoms with Crippen molar-refractivity contribution in [3.63, 3.8) is 0 Å². The third-order valence-corrected chi connectivity index (χ3v) is 12.1. The lowest BCUT2D eigenvalue weighted by Crippen LogP contribution is -2.30. The molecule has 0 spiro atoms. The zero-order valence-electron chi connectivity index (χ0n) is 42.6. The first-order chi connectivity index (χ1) is 31.5. The second-order valence-electron chi connectivity index (χ2n) is 18.5. The molecule has 0 fully saturated rings. The van der Waals surface area contributed by atoms with Gasteiger partial charge in [0.25, 0.3) is 0 Å². The molecule has 0 aromatic carbocycles. The third-order valence-electron chi connectivity index (χ3n) is 12.1. The van der Waals surface area contributed by atoms with E-state index in [-0.39, 0.29) is 31.1 Å². The molecule has 0 unspecified atom stereocenters. The number of rotatable bonds is 50. The van der Waals surface area contributed by atoms with Crippen LogP contribution in [0, 0.1) is 0 Å². The van der Waals surface area contributed by atoms with Gasteiger partial charge in [0, 0.05) is 19.3 Å². The van der Waals surface area contributed by atoms with Crippen molar-refractivity contribution in [2.24, 2.45) is 0 Å². The van der Waals surface area contributed by atoms with Gasteiger partial charge in [-0.3, -0.25) is 14.4 Å². The summed E-state index contributed by atoms with van der Waals surface area (Å²) >= 11 is 0. The highest BCUT2D eigenvalue weighted by atomic mass is 16.6. The maximum absolute atomic E-state index is 12.8. The lowest BCUT2D eigenvalue weighted by molar-refractivity contribution is -0.167. The molecule has 0 aliphatic heterocycles. The SMILES string of the molecule is CCCCC/C=C/C/C=C/CCCCCCCCCC(=O)OC[C@@H](COC(=O)CCCCCCCCCCCCCCCC)OC(=O)CCCCCCC/C=C/C/C=C/CCCCC. The van der Waals surface area contributed by atoms with Crippen LogP contribution in [0.2, 0.25) is 0 Å². The molecular weight excluding hydrogens is 793 g/mol. The van der Waals surface area contributed by atoms with E-state index in [1.165, 1.54) is 148 Å². The molecule has 64 heavy (non-hydrogen) atoms. The van der Waals surface area contributed by atoms with Crippen molar-refractivity contribution >= 4 is 17.9 Å². The number of unbranched alkanes of at least 4 members (excludes halogenated alkanes) is 31. The van der Waals surface area contributed by atoms with Gasteiger partial charge in [-0.15, -0.1) is 0 Å². The van der Waals surface area contributed by atoms with E-state index in [1.54, 1.807) is 0 Å². The van der Waals surface area contributed by atoms with Crippen molar-refractivity contribution in [3.8, 4) is 0 Å². The van der Waals surface area contributed by atoms with Gasteiger partial charge in [0.2, 0.25) is 0 Å². The number of allylic oxidation sites excluding steroid dienone is 8. The fraction of sp³-hybridized carbons (Fsp3) is 0.810. The predicted molar refractivity (Wildman–Crippen MR) is 275 cm³/mol. The normalized spacial score (nSPS) is 12.4. The molecule has 0 N–H and O–H groups in total. The Labute approximate surface area is 397 Å². The van der Waals surface area contributed by atoms with Gasteiger partial charge in [0.15, 0.2) is 6.10 Å². The van der Waals surface area contributed by atoms with Gasteiger partial charge in [-0.2, -0.15) is 0 Å². The molecule has 6 heteroatoms. The molecule has 0 aliphatic rings. The van der Waals surface area contributed by atoms with Crippen LogP contribution >= 0.6 is 0 Å². The number of carbonyl (C=O) groups excluding carboxylic acids is 3. The molecule has 0 saturated carbocycles. The van der Waals surface area contributed by atoms with Gasteiger partial charge < -0.3 is 14.2 Å². The molecule has 6 nitrogen and oxygen atoms in total. The zero-order valence-corrected chi connectivity index (χ0v) is 42.6. The van der Waals surface area contributed by atoms with Crippen LogP contribution in [0.25, 0.3) is 0 Å². The van der Waals surface area contributed by atoms with Gasteiger partial charge in [-0.1, -0.05) is 230 Å². The smallest absolute Gasteiger partial charge is 0.306 e. The summed E-state index contributed by atoms with van der Waals surface area (Å²) in [5, 5.41) is 0. The van der Waals surface area contributed by atoms with Crippen molar-refractivity contribution < 1.29 is 28.6 Å². The van der Waals surface area contributed by atoms with Crippen molar-refractivity contribution in [2.45, 2.75) is 290 Å². The fourth-order valence-electron chi connectivity index (χ4n) is 7.86. The van der Waals surface area contributed by atoms with Crippen LogP contribution in [0.1, 0.15) is 284 Å². The van der Waals surface area contributed by atoms with Crippen LogP contribution in [0.3, 0.4) is 0 Å². The van der Waals surface area contributed by atoms with Crippen molar-refractivity contribution in [2.75, 3.05) is 13.2 Å². The number of hydrogen-bond donors (Lipinski definition) is 0. The van der Waals surface area contributed by atoms with E-state index >= 15 is 0 Å². The van der Waals surface area contributed by atoms with Crippen LogP contribution in [-0.2, 0) is 28.6 Å². The minimum absolute atomic E-state index is 0.0788. The molecular formula is C58H104O6. The summed E-state index contributed by atoms with van der Waals surface area (Å²) in [4.78, 5) is 38.1. The molecule has 1 atom stereocenters. The lowest BCUT2D eigenvalue weighted by atomic mass is 10.0. The standard InChI is InChI=1S/C58H104O6/c1-4-7-10-13-16-19-22-25-28-29-31-33-36-39-42-45-48-51-57(60)63-54-55(53-62-56(59)50-47-44-41-38-35-32-27-24-21-18-15-12-9-6-3)64-58(61)52-49-46-43-40-37-34-30-26-23-20-17-14-11-8-5-2/h16-17,19-20,25-26,28,30,55H,4-15,18,21-24,27,29,31-54H2,1-3H3/b19-16+,20-17+,28-25+,30-26+/t55-/m1/s1. The highest BCUT2D eigenvalue weighted by Gasteiger charge is 2.19. The zero-order chi connectivity index (χ0) is 46.5. The summed E-state index contributed by atoms with van der Waals surface area (Å²) in [7, 11) is 0. The minimum Gasteiger partial charge on any atom is -0.462 e. The molecule has 0 radical (unpaired) electrons. The summed E-state index contributed by atoms with van der Waals surface area (Å²) in [5.74, 6) is -0.889. The molecule has 0 saturated heterocycles. The van der Waals surface area contributed by atoms with Crippen LogP contribution < -0.4 is 0 Å². The molecule has 0 heterocycles. The number of ether oxygens (including phenoxy) is 3. The molecule has 0 rings (SSSR count). The fourth-order valence-corrected chi connectivity index (χ4v) is 7.86. The maximum atomic E-state index is 12.8. The maximum Gasteiger partial charge on any atom is 0.306 e. The Bertz CT molecular complexity index is 1120. The summed E-state index contributed by atoms with van der Waals surface area (Å²) in [6, 6.07) is 0.